The number of anilines is 1. The van der Waals surface area contributed by atoms with E-state index in [0.717, 1.165) is 49.1 Å². The summed E-state index contributed by atoms with van der Waals surface area (Å²) in [6.45, 7) is 2.20. The van der Waals surface area contributed by atoms with Gasteiger partial charge < -0.3 is 14.4 Å². The number of hydrogen-bond donors (Lipinski definition) is 0. The third-order valence-electron chi connectivity index (χ3n) is 5.54. The second kappa shape index (κ2) is 7.04. The van der Waals surface area contributed by atoms with Crippen molar-refractivity contribution < 1.29 is 14.3 Å². The molecule has 2 fully saturated rings. The molecular formula is C19H23N3O3S. The molecule has 1 aromatic heterocycles. The number of nitrogens with zero attached hydrogens (tertiary/aromatic N) is 3. The fourth-order valence-corrected chi connectivity index (χ4v) is 4.48. The van der Waals surface area contributed by atoms with Crippen LogP contribution in [-0.2, 0) is 14.3 Å². The van der Waals surface area contributed by atoms with Crippen molar-refractivity contribution in [3.8, 4) is 0 Å². The molecule has 0 radical (unpaired) electrons. The molecule has 4 rings (SSSR count). The number of methoxy groups -OCH3 is 1. The SMILES string of the molecule is COC(=O)C1COC2(CCN(c3ncnc4ccc(SC)cc34)CC2)C1. The summed E-state index contributed by atoms with van der Waals surface area (Å²) < 4.78 is 10.9. The molecule has 1 unspecified atom stereocenters. The molecule has 1 aromatic carbocycles. The lowest BCUT2D eigenvalue weighted by Gasteiger charge is -2.39. The number of fused-ring (bicyclic) bond motifs is 1. The summed E-state index contributed by atoms with van der Waals surface area (Å²) in [6.07, 6.45) is 6.27. The lowest BCUT2D eigenvalue weighted by molar-refractivity contribution is -0.145. The van der Waals surface area contributed by atoms with Gasteiger partial charge in [0, 0.05) is 23.4 Å². The molecule has 3 heterocycles. The first kappa shape index (κ1) is 17.5. The van der Waals surface area contributed by atoms with Gasteiger partial charge in [0.1, 0.15) is 12.1 Å². The Kier molecular flexibility index (Phi) is 4.75. The summed E-state index contributed by atoms with van der Waals surface area (Å²) >= 11 is 1.72. The number of rotatable bonds is 3. The lowest BCUT2D eigenvalue weighted by Crippen LogP contribution is -2.44. The average molecular weight is 373 g/mol. The minimum atomic E-state index is -0.192. The van der Waals surface area contributed by atoms with Gasteiger partial charge in [0.2, 0.25) is 0 Å². The average Bonchev–Trinajstić information content (AvgIpc) is 3.11. The van der Waals surface area contributed by atoms with E-state index in [1.807, 2.05) is 0 Å². The number of thioether (sulfide) groups is 1. The number of piperidine rings is 1. The second-order valence-corrected chi connectivity index (χ2v) is 7.87. The third-order valence-corrected chi connectivity index (χ3v) is 6.26. The minimum absolute atomic E-state index is 0.129. The van der Waals surface area contributed by atoms with E-state index >= 15 is 0 Å². The number of carbonyl (C=O) groups is 1. The molecule has 1 atom stereocenters. The number of esters is 1. The molecule has 7 heteroatoms. The van der Waals surface area contributed by atoms with Crippen molar-refractivity contribution in [2.45, 2.75) is 29.8 Å². The Morgan fingerprint density at radius 2 is 2.15 bits per heavy atom. The van der Waals surface area contributed by atoms with E-state index < -0.39 is 0 Å². The first-order valence-electron chi connectivity index (χ1n) is 8.90. The number of benzene rings is 1. The van der Waals surface area contributed by atoms with Crippen molar-refractivity contribution in [1.82, 2.24) is 9.97 Å². The molecule has 0 aliphatic carbocycles. The van der Waals surface area contributed by atoms with Crippen molar-refractivity contribution in [2.24, 2.45) is 5.92 Å². The monoisotopic (exact) mass is 373 g/mol. The predicted octanol–water partition coefficient (Wildman–Crippen LogP) is 2.90. The van der Waals surface area contributed by atoms with Crippen LogP contribution in [0.15, 0.2) is 29.4 Å². The van der Waals surface area contributed by atoms with Crippen molar-refractivity contribution in [1.29, 1.82) is 0 Å². The van der Waals surface area contributed by atoms with Crippen LogP contribution >= 0.6 is 11.8 Å². The highest BCUT2D eigenvalue weighted by Gasteiger charge is 2.45. The lowest BCUT2D eigenvalue weighted by atomic mass is 9.85. The number of hydrogen-bond acceptors (Lipinski definition) is 7. The fraction of sp³-hybridized carbons (Fsp3) is 0.526. The number of carbonyl (C=O) groups excluding carboxylic acids is 1. The molecule has 138 valence electrons. The molecule has 0 bridgehead atoms. The maximum atomic E-state index is 11.8. The summed E-state index contributed by atoms with van der Waals surface area (Å²) in [5, 5.41) is 1.09. The smallest absolute Gasteiger partial charge is 0.311 e. The zero-order chi connectivity index (χ0) is 18.1. The van der Waals surface area contributed by atoms with E-state index in [1.165, 1.54) is 12.0 Å². The zero-order valence-corrected chi connectivity index (χ0v) is 15.9. The van der Waals surface area contributed by atoms with Crippen molar-refractivity contribution >= 4 is 34.5 Å². The quantitative estimate of drug-likeness (QED) is 0.605. The molecular weight excluding hydrogens is 350 g/mol. The van der Waals surface area contributed by atoms with E-state index in [9.17, 15) is 4.79 Å². The van der Waals surface area contributed by atoms with Gasteiger partial charge in [-0.3, -0.25) is 4.79 Å². The molecule has 1 spiro atoms. The highest BCUT2D eigenvalue weighted by atomic mass is 32.2. The normalized spacial score (nSPS) is 22.1. The molecule has 2 aromatic rings. The molecule has 2 aliphatic rings. The largest absolute Gasteiger partial charge is 0.469 e. The molecule has 2 aliphatic heterocycles. The molecule has 2 saturated heterocycles. The highest BCUT2D eigenvalue weighted by molar-refractivity contribution is 7.98. The first-order valence-corrected chi connectivity index (χ1v) is 10.1. The van der Waals surface area contributed by atoms with Gasteiger partial charge >= 0.3 is 5.97 Å². The maximum Gasteiger partial charge on any atom is 0.311 e. The summed E-state index contributed by atoms with van der Waals surface area (Å²) in [5.74, 6) is 0.703. The van der Waals surface area contributed by atoms with Crippen LogP contribution in [0.2, 0.25) is 0 Å². The van der Waals surface area contributed by atoms with E-state index in [4.69, 9.17) is 9.47 Å². The summed E-state index contributed by atoms with van der Waals surface area (Å²) in [5.41, 5.74) is 0.777. The Balaban J connectivity index is 1.52. The first-order chi connectivity index (χ1) is 12.6. The summed E-state index contributed by atoms with van der Waals surface area (Å²) in [4.78, 5) is 24.3. The van der Waals surface area contributed by atoms with Gasteiger partial charge in [-0.2, -0.15) is 0 Å². The Labute approximate surface area is 157 Å². The van der Waals surface area contributed by atoms with Gasteiger partial charge in [0.25, 0.3) is 0 Å². The molecule has 0 saturated carbocycles. The fourth-order valence-electron chi connectivity index (χ4n) is 4.04. The van der Waals surface area contributed by atoms with E-state index in [2.05, 4.69) is 39.3 Å². The molecule has 0 N–H and O–H groups in total. The number of aromatic nitrogens is 2. The van der Waals surface area contributed by atoms with Crippen LogP contribution in [0, 0.1) is 5.92 Å². The van der Waals surface area contributed by atoms with Crippen LogP contribution in [0.3, 0.4) is 0 Å². The minimum Gasteiger partial charge on any atom is -0.469 e. The van der Waals surface area contributed by atoms with Crippen molar-refractivity contribution in [3.05, 3.63) is 24.5 Å². The van der Waals surface area contributed by atoms with E-state index in [0.29, 0.717) is 6.61 Å². The second-order valence-electron chi connectivity index (χ2n) is 6.99. The van der Waals surface area contributed by atoms with Gasteiger partial charge in [-0.25, -0.2) is 9.97 Å². The highest BCUT2D eigenvalue weighted by Crippen LogP contribution is 2.40. The Morgan fingerprint density at radius 1 is 1.35 bits per heavy atom. The van der Waals surface area contributed by atoms with Crippen LogP contribution in [0.25, 0.3) is 10.9 Å². The van der Waals surface area contributed by atoms with Crippen LogP contribution in [0.4, 0.5) is 5.82 Å². The van der Waals surface area contributed by atoms with Gasteiger partial charge in [-0.1, -0.05) is 0 Å². The Bertz CT molecular complexity index is 821. The van der Waals surface area contributed by atoms with Gasteiger partial charge in [0.05, 0.1) is 30.8 Å². The summed E-state index contributed by atoms with van der Waals surface area (Å²) in [6, 6.07) is 6.31. The molecule has 26 heavy (non-hydrogen) atoms. The van der Waals surface area contributed by atoms with Gasteiger partial charge in [-0.05, 0) is 43.7 Å². The van der Waals surface area contributed by atoms with E-state index in [-0.39, 0.29) is 17.5 Å². The maximum absolute atomic E-state index is 11.8. The van der Waals surface area contributed by atoms with E-state index in [1.54, 1.807) is 18.1 Å². The summed E-state index contributed by atoms with van der Waals surface area (Å²) in [7, 11) is 1.44. The number of ether oxygens (including phenoxy) is 2. The molecule has 6 nitrogen and oxygen atoms in total. The topological polar surface area (TPSA) is 64.6 Å². The Hall–Kier alpha value is -1.86. The van der Waals surface area contributed by atoms with Crippen LogP contribution in [0.5, 0.6) is 0 Å². The van der Waals surface area contributed by atoms with Crippen LogP contribution < -0.4 is 4.90 Å². The van der Waals surface area contributed by atoms with Crippen molar-refractivity contribution in [3.63, 3.8) is 0 Å². The molecule has 0 amide bonds. The van der Waals surface area contributed by atoms with Crippen LogP contribution in [-0.4, -0.2) is 54.6 Å². The standard InChI is InChI=1S/C19H23N3O3S/c1-24-18(23)13-10-19(25-11-13)5-7-22(8-6-19)17-15-9-14(26-2)3-4-16(15)20-12-21-17/h3-4,9,12-13H,5-8,10-11H2,1-2H3. The van der Waals surface area contributed by atoms with Gasteiger partial charge in [0.15, 0.2) is 0 Å². The third kappa shape index (κ3) is 3.14. The zero-order valence-electron chi connectivity index (χ0n) is 15.1. The predicted molar refractivity (Wildman–Crippen MR) is 102 cm³/mol. The Morgan fingerprint density at radius 3 is 2.88 bits per heavy atom. The van der Waals surface area contributed by atoms with Crippen molar-refractivity contribution in [2.75, 3.05) is 38.0 Å². The van der Waals surface area contributed by atoms with Crippen LogP contribution in [0.1, 0.15) is 19.3 Å². The van der Waals surface area contributed by atoms with Gasteiger partial charge in [-0.15, -0.1) is 11.8 Å².